The lowest BCUT2D eigenvalue weighted by Crippen LogP contribution is -1.94. The maximum absolute atomic E-state index is 6.11. The number of anilines is 2. The normalized spacial score (nSPS) is 11.2. The molecule has 0 unspecified atom stereocenters. The highest BCUT2D eigenvalue weighted by Gasteiger charge is 2.13. The van der Waals surface area contributed by atoms with Crippen molar-refractivity contribution in [3.63, 3.8) is 0 Å². The van der Waals surface area contributed by atoms with Crippen LogP contribution in [-0.2, 0) is 0 Å². The Morgan fingerprint density at radius 3 is 1.79 bits per heavy atom. The first-order valence-electron chi connectivity index (χ1n) is 12.9. The van der Waals surface area contributed by atoms with E-state index in [-0.39, 0.29) is 0 Å². The van der Waals surface area contributed by atoms with Crippen LogP contribution in [0.25, 0.3) is 55.3 Å². The number of nitrogens with one attached hydrogen (secondary N) is 1. The molecule has 38 heavy (non-hydrogen) atoms. The molecule has 6 aromatic carbocycles. The van der Waals surface area contributed by atoms with E-state index in [1.807, 2.05) is 24.3 Å². The first-order valence-corrected chi connectivity index (χ1v) is 12.9. The molecular formula is C36H25NO. The molecule has 0 bridgehead atoms. The molecule has 0 fully saturated rings. The van der Waals surface area contributed by atoms with Crippen LogP contribution in [0.4, 0.5) is 11.4 Å². The van der Waals surface area contributed by atoms with Crippen molar-refractivity contribution < 1.29 is 4.42 Å². The van der Waals surface area contributed by atoms with Gasteiger partial charge in [-0.25, -0.2) is 0 Å². The number of fused-ring (bicyclic) bond motifs is 3. The zero-order valence-electron chi connectivity index (χ0n) is 20.8. The highest BCUT2D eigenvalue weighted by atomic mass is 16.3. The lowest BCUT2D eigenvalue weighted by atomic mass is 9.95. The Bertz CT molecular complexity index is 1900. The van der Waals surface area contributed by atoms with Gasteiger partial charge in [0.25, 0.3) is 0 Å². The van der Waals surface area contributed by atoms with Crippen molar-refractivity contribution in [1.29, 1.82) is 0 Å². The van der Waals surface area contributed by atoms with Crippen LogP contribution in [0.15, 0.2) is 150 Å². The predicted octanol–water partition coefficient (Wildman–Crippen LogP) is 10.3. The van der Waals surface area contributed by atoms with Crippen LogP contribution >= 0.6 is 0 Å². The second-order valence-corrected chi connectivity index (χ2v) is 9.48. The molecule has 2 heteroatoms. The van der Waals surface area contributed by atoms with E-state index in [1.54, 1.807) is 0 Å². The highest BCUT2D eigenvalue weighted by Crippen LogP contribution is 2.38. The molecule has 0 saturated carbocycles. The Hall–Kier alpha value is -5.08. The fraction of sp³-hybridized carbons (Fsp3) is 0. The monoisotopic (exact) mass is 487 g/mol. The lowest BCUT2D eigenvalue weighted by Gasteiger charge is -2.14. The summed E-state index contributed by atoms with van der Waals surface area (Å²) in [7, 11) is 0. The van der Waals surface area contributed by atoms with Gasteiger partial charge in [0.15, 0.2) is 0 Å². The summed E-state index contributed by atoms with van der Waals surface area (Å²) in [6.07, 6.45) is 0. The van der Waals surface area contributed by atoms with E-state index >= 15 is 0 Å². The molecule has 2 nitrogen and oxygen atoms in total. The van der Waals surface area contributed by atoms with Gasteiger partial charge in [0.05, 0.1) is 11.1 Å². The maximum atomic E-state index is 6.11. The molecule has 0 aliphatic heterocycles. The second-order valence-electron chi connectivity index (χ2n) is 9.48. The third-order valence-electron chi connectivity index (χ3n) is 7.08. The minimum Gasteiger partial charge on any atom is -0.456 e. The minimum absolute atomic E-state index is 0.883. The van der Waals surface area contributed by atoms with E-state index in [0.717, 1.165) is 38.9 Å². The molecule has 180 valence electrons. The van der Waals surface area contributed by atoms with Crippen LogP contribution in [-0.4, -0.2) is 0 Å². The van der Waals surface area contributed by atoms with Gasteiger partial charge in [0.2, 0.25) is 0 Å². The molecule has 0 saturated heterocycles. The summed E-state index contributed by atoms with van der Waals surface area (Å²) in [5, 5.41) is 5.94. The largest absolute Gasteiger partial charge is 0.456 e. The zero-order valence-corrected chi connectivity index (χ0v) is 20.8. The molecule has 0 aliphatic rings. The summed E-state index contributed by atoms with van der Waals surface area (Å²) >= 11 is 0. The molecule has 1 N–H and O–H groups in total. The highest BCUT2D eigenvalue weighted by molar-refractivity contribution is 6.12. The van der Waals surface area contributed by atoms with E-state index in [2.05, 4.69) is 127 Å². The molecule has 0 atom stereocenters. The van der Waals surface area contributed by atoms with E-state index < -0.39 is 0 Å². The molecule has 0 spiro atoms. The van der Waals surface area contributed by atoms with Gasteiger partial charge >= 0.3 is 0 Å². The number of hydrogen-bond acceptors (Lipinski definition) is 2. The molecule has 1 aromatic heterocycles. The Balaban J connectivity index is 1.28. The molecule has 0 radical (unpaired) electrons. The van der Waals surface area contributed by atoms with E-state index in [1.165, 1.54) is 27.8 Å². The van der Waals surface area contributed by atoms with Crippen LogP contribution < -0.4 is 5.32 Å². The number of benzene rings is 6. The van der Waals surface area contributed by atoms with Gasteiger partial charge in [-0.3, -0.25) is 0 Å². The van der Waals surface area contributed by atoms with Gasteiger partial charge in [-0.2, -0.15) is 0 Å². The standard InChI is InChI=1S/C36H25NO/c1-2-11-25(12-3-1)26-13-8-14-27(23-26)28-15-9-16-29(24-28)30-17-4-6-19-32(30)37-33-20-10-22-35-36(33)31-18-5-7-21-34(31)38-35/h1-24,37H. The van der Waals surface area contributed by atoms with Gasteiger partial charge in [0, 0.05) is 16.6 Å². The summed E-state index contributed by atoms with van der Waals surface area (Å²) < 4.78 is 6.11. The smallest absolute Gasteiger partial charge is 0.137 e. The predicted molar refractivity (Wildman–Crippen MR) is 160 cm³/mol. The van der Waals surface area contributed by atoms with Crippen molar-refractivity contribution in [2.24, 2.45) is 0 Å². The fourth-order valence-corrected chi connectivity index (χ4v) is 5.24. The van der Waals surface area contributed by atoms with E-state index in [0.29, 0.717) is 0 Å². The lowest BCUT2D eigenvalue weighted by molar-refractivity contribution is 0.669. The Morgan fingerprint density at radius 2 is 0.947 bits per heavy atom. The minimum atomic E-state index is 0.883. The summed E-state index contributed by atoms with van der Waals surface area (Å²) in [6.45, 7) is 0. The van der Waals surface area contributed by atoms with Gasteiger partial charge in [0.1, 0.15) is 11.2 Å². The summed E-state index contributed by atoms with van der Waals surface area (Å²) in [4.78, 5) is 0. The van der Waals surface area contributed by atoms with Crippen LogP contribution in [0.5, 0.6) is 0 Å². The van der Waals surface area contributed by atoms with Gasteiger partial charge in [-0.05, 0) is 64.2 Å². The Morgan fingerprint density at radius 1 is 0.395 bits per heavy atom. The SMILES string of the molecule is c1ccc(-c2cccc(-c3cccc(-c4ccccc4Nc4cccc5oc6ccccc6c45)c3)c2)cc1. The average Bonchev–Trinajstić information content (AvgIpc) is 3.38. The van der Waals surface area contributed by atoms with Gasteiger partial charge in [-0.1, -0.05) is 109 Å². The number of furan rings is 1. The first-order chi connectivity index (χ1) is 18.8. The first kappa shape index (κ1) is 22.1. The molecule has 1 heterocycles. The Labute approximate surface area is 221 Å². The summed E-state index contributed by atoms with van der Waals surface area (Å²) in [6, 6.07) is 50.9. The maximum Gasteiger partial charge on any atom is 0.137 e. The van der Waals surface area contributed by atoms with Crippen LogP contribution in [0.3, 0.4) is 0 Å². The van der Waals surface area contributed by atoms with Gasteiger partial charge < -0.3 is 9.73 Å². The van der Waals surface area contributed by atoms with Crippen molar-refractivity contribution >= 4 is 33.3 Å². The fourth-order valence-electron chi connectivity index (χ4n) is 5.24. The Kier molecular flexibility index (Phi) is 5.49. The number of para-hydroxylation sites is 2. The number of rotatable bonds is 5. The van der Waals surface area contributed by atoms with Crippen molar-refractivity contribution in [1.82, 2.24) is 0 Å². The van der Waals surface area contributed by atoms with E-state index in [4.69, 9.17) is 4.42 Å². The molecule has 7 rings (SSSR count). The number of hydrogen-bond donors (Lipinski definition) is 1. The van der Waals surface area contributed by atoms with Crippen molar-refractivity contribution in [2.45, 2.75) is 0 Å². The third-order valence-corrected chi connectivity index (χ3v) is 7.08. The van der Waals surface area contributed by atoms with Crippen LogP contribution in [0.2, 0.25) is 0 Å². The summed E-state index contributed by atoms with van der Waals surface area (Å²) in [5.74, 6) is 0. The van der Waals surface area contributed by atoms with E-state index in [9.17, 15) is 0 Å². The summed E-state index contributed by atoms with van der Waals surface area (Å²) in [5.41, 5.74) is 11.0. The molecule has 0 aliphatic carbocycles. The van der Waals surface area contributed by atoms with Crippen molar-refractivity contribution in [2.75, 3.05) is 5.32 Å². The van der Waals surface area contributed by atoms with Crippen LogP contribution in [0, 0.1) is 0 Å². The third kappa shape index (κ3) is 4.03. The van der Waals surface area contributed by atoms with Crippen LogP contribution in [0.1, 0.15) is 0 Å². The average molecular weight is 488 g/mol. The second kappa shape index (κ2) is 9.42. The van der Waals surface area contributed by atoms with Crippen molar-refractivity contribution in [3.05, 3.63) is 146 Å². The molecule has 0 amide bonds. The molecular weight excluding hydrogens is 462 g/mol. The van der Waals surface area contributed by atoms with Crippen molar-refractivity contribution in [3.8, 4) is 33.4 Å². The molecule has 7 aromatic rings. The zero-order chi connectivity index (χ0) is 25.3. The van der Waals surface area contributed by atoms with Gasteiger partial charge in [-0.15, -0.1) is 0 Å². The topological polar surface area (TPSA) is 25.2 Å². The quantitative estimate of drug-likeness (QED) is 0.261.